The summed E-state index contributed by atoms with van der Waals surface area (Å²) in [6, 6.07) is 20.0. The van der Waals surface area contributed by atoms with E-state index in [2.05, 4.69) is 48.8 Å². The van der Waals surface area contributed by atoms with Crippen molar-refractivity contribution in [1.82, 2.24) is 24.8 Å². The molecule has 63 heavy (non-hydrogen) atoms. The van der Waals surface area contributed by atoms with Gasteiger partial charge >= 0.3 is 0 Å². The predicted octanol–water partition coefficient (Wildman–Crippen LogP) is 8.91. The van der Waals surface area contributed by atoms with E-state index in [0.717, 1.165) is 87.3 Å². The fourth-order valence-corrected chi connectivity index (χ4v) is 10.4. The minimum atomic E-state index is -4.43. The van der Waals surface area contributed by atoms with Crippen LogP contribution < -0.4 is 19.1 Å². The third-order valence-corrected chi connectivity index (χ3v) is 14.5. The largest absolute Gasteiger partial charge is 0.476 e. The number of aliphatic hydroxyl groups is 1. The minimum absolute atomic E-state index is 0.00293. The van der Waals surface area contributed by atoms with E-state index >= 15 is 0 Å². The van der Waals surface area contributed by atoms with Crippen LogP contribution in [0.4, 0.5) is 5.69 Å². The van der Waals surface area contributed by atoms with E-state index in [1.54, 1.807) is 31.5 Å². The first kappa shape index (κ1) is 44.9. The lowest BCUT2D eigenvalue weighted by Crippen LogP contribution is -2.47. The molecule has 5 aromatic rings. The van der Waals surface area contributed by atoms with Crippen LogP contribution in [0, 0.1) is 11.3 Å². The molecule has 2 aromatic heterocycles. The molecule has 8 rings (SSSR count). The molecular weight excluding hydrogens is 864 g/mol. The number of nitrogens with zero attached hydrogens (tertiary/aromatic N) is 4. The van der Waals surface area contributed by atoms with Gasteiger partial charge in [-0.1, -0.05) is 53.9 Å². The number of H-pyrrole nitrogens is 1. The van der Waals surface area contributed by atoms with Crippen LogP contribution in [0.3, 0.4) is 0 Å². The van der Waals surface area contributed by atoms with E-state index in [0.29, 0.717) is 37.2 Å². The summed E-state index contributed by atoms with van der Waals surface area (Å²) in [5, 5.41) is 18.8. The highest BCUT2D eigenvalue weighted by molar-refractivity contribution is 7.90. The van der Waals surface area contributed by atoms with Crippen molar-refractivity contribution in [2.24, 2.45) is 11.3 Å². The summed E-state index contributed by atoms with van der Waals surface area (Å²) < 4.78 is 47.5. The van der Waals surface area contributed by atoms with Gasteiger partial charge in [0.2, 0.25) is 5.88 Å². The SMILES string of the molecule is COCC1(C)CCC(c2ccc(Cl)cc2)=C(CN2CCN(c3ccc(C(=O)NS(=O)(=O)c4cnc(OC[C@H]5CC[C@](C)(O)CC5)c(Cl)c4)c(Oc4cccc5[nH]ncc45)c3)CC2)C1. The Hall–Kier alpha value is -4.70. The van der Waals surface area contributed by atoms with E-state index in [4.69, 9.17) is 37.4 Å². The van der Waals surface area contributed by atoms with Crippen molar-refractivity contribution in [1.29, 1.82) is 0 Å². The quantitative estimate of drug-likeness (QED) is 0.0977. The number of carbonyl (C=O) groups is 1. The number of ether oxygens (including phenoxy) is 3. The van der Waals surface area contributed by atoms with E-state index in [9.17, 15) is 18.3 Å². The maximum Gasteiger partial charge on any atom is 0.268 e. The number of methoxy groups -OCH3 is 1. The molecule has 3 aliphatic rings. The maximum absolute atomic E-state index is 14.0. The summed E-state index contributed by atoms with van der Waals surface area (Å²) >= 11 is 12.7. The number of anilines is 1. The Kier molecular flexibility index (Phi) is 13.4. The van der Waals surface area contributed by atoms with E-state index in [1.807, 2.05) is 37.3 Å². The third kappa shape index (κ3) is 10.6. The van der Waals surface area contributed by atoms with Gasteiger partial charge in [-0.2, -0.15) is 5.10 Å². The number of sulfonamides is 1. The molecule has 0 radical (unpaired) electrons. The Morgan fingerprint density at radius 2 is 1.73 bits per heavy atom. The molecule has 1 saturated heterocycles. The first-order valence-corrected chi connectivity index (χ1v) is 23.7. The van der Waals surface area contributed by atoms with Crippen LogP contribution in [-0.2, 0) is 14.8 Å². The number of fused-ring (bicyclic) bond motifs is 1. The maximum atomic E-state index is 14.0. The van der Waals surface area contributed by atoms with Crippen molar-refractivity contribution >= 4 is 61.3 Å². The van der Waals surface area contributed by atoms with Crippen LogP contribution in [0.25, 0.3) is 16.5 Å². The van der Waals surface area contributed by atoms with Gasteiger partial charge in [0.15, 0.2) is 0 Å². The highest BCUT2D eigenvalue weighted by Gasteiger charge is 2.34. The second kappa shape index (κ2) is 18.8. The predicted molar refractivity (Wildman–Crippen MR) is 245 cm³/mol. The summed E-state index contributed by atoms with van der Waals surface area (Å²) in [5.74, 6) is 0.0545. The van der Waals surface area contributed by atoms with Gasteiger partial charge in [0.25, 0.3) is 15.9 Å². The molecule has 0 bridgehead atoms. The van der Waals surface area contributed by atoms with Gasteiger partial charge in [-0.3, -0.25) is 14.8 Å². The number of aromatic amines is 1. The third-order valence-electron chi connectivity index (χ3n) is 12.7. The average Bonchev–Trinajstić information content (AvgIpc) is 3.75. The van der Waals surface area contributed by atoms with Crippen LogP contribution in [0.1, 0.15) is 74.7 Å². The monoisotopic (exact) mass is 916 g/mol. The summed E-state index contributed by atoms with van der Waals surface area (Å²) in [7, 11) is -2.65. The summed E-state index contributed by atoms with van der Waals surface area (Å²) in [4.78, 5) is 22.6. The normalized spacial score (nSPS) is 22.3. The molecule has 13 nitrogen and oxygen atoms in total. The Morgan fingerprint density at radius 1 is 0.968 bits per heavy atom. The van der Waals surface area contributed by atoms with Gasteiger partial charge < -0.3 is 24.2 Å². The highest BCUT2D eigenvalue weighted by Crippen LogP contribution is 2.44. The van der Waals surface area contributed by atoms with Crippen LogP contribution in [-0.4, -0.2) is 98.2 Å². The lowest BCUT2D eigenvalue weighted by atomic mass is 9.72. The summed E-state index contributed by atoms with van der Waals surface area (Å²) in [6.45, 7) is 9.13. The topological polar surface area (TPSA) is 159 Å². The molecule has 1 atom stereocenters. The van der Waals surface area contributed by atoms with Crippen LogP contribution >= 0.6 is 23.2 Å². The highest BCUT2D eigenvalue weighted by atomic mass is 35.5. The smallest absolute Gasteiger partial charge is 0.268 e. The van der Waals surface area contributed by atoms with E-state index in [-0.39, 0.29) is 38.4 Å². The second-order valence-corrected chi connectivity index (χ2v) is 20.3. The average molecular weight is 918 g/mol. The molecule has 1 saturated carbocycles. The Labute approximate surface area is 378 Å². The number of carbonyl (C=O) groups excluding carboxylic acids is 1. The molecule has 16 heteroatoms. The Morgan fingerprint density at radius 3 is 2.46 bits per heavy atom. The number of benzene rings is 3. The van der Waals surface area contributed by atoms with Crippen LogP contribution in [0.5, 0.6) is 17.4 Å². The van der Waals surface area contributed by atoms with E-state index < -0.39 is 21.5 Å². The number of amides is 1. The summed E-state index contributed by atoms with van der Waals surface area (Å²) in [6.07, 6.45) is 8.68. The molecule has 3 aromatic carbocycles. The number of aromatic nitrogens is 3. The molecule has 0 spiro atoms. The number of pyridine rings is 1. The lowest BCUT2D eigenvalue weighted by Gasteiger charge is -2.40. The van der Waals surface area contributed by atoms with Crippen molar-refractivity contribution in [3.63, 3.8) is 0 Å². The molecule has 334 valence electrons. The molecule has 1 unspecified atom stereocenters. The Bertz CT molecular complexity index is 2580. The van der Waals surface area contributed by atoms with Crippen molar-refractivity contribution in [2.75, 3.05) is 57.9 Å². The molecular formula is C47H54Cl2N6O7S. The van der Waals surface area contributed by atoms with Gasteiger partial charge in [-0.15, -0.1) is 0 Å². The number of allylic oxidation sites excluding steroid dienone is 1. The first-order valence-electron chi connectivity index (χ1n) is 21.4. The van der Waals surface area contributed by atoms with Crippen LogP contribution in [0.15, 0.2) is 89.6 Å². The number of halogens is 2. The number of nitrogens with one attached hydrogen (secondary N) is 2. The van der Waals surface area contributed by atoms with Crippen molar-refractivity contribution in [2.45, 2.75) is 69.3 Å². The van der Waals surface area contributed by atoms with Gasteiger partial charge in [0.05, 0.1) is 47.7 Å². The molecule has 3 heterocycles. The van der Waals surface area contributed by atoms with Crippen molar-refractivity contribution in [3.8, 4) is 17.4 Å². The zero-order chi connectivity index (χ0) is 44.4. The standard InChI is InChI=1S/C47H54Cl2N6O7S/c1-46(30-60-3)16-15-37(32-7-9-34(48)10-8-32)33(25-46)28-54-19-21-55(22-20-54)35-11-12-38(43(23-35)62-42-6-4-5-41-39(42)27-51-52-41)44(56)53-63(58,59)36-24-40(49)45(50-26-36)61-29-31-13-17-47(2,57)18-14-31/h4-12,23-24,26-27,31,57H,13-22,25,28-30H2,1-3H3,(H,51,52)(H,53,56)/t31-,46?,47-. The Balaban J connectivity index is 0.985. The lowest BCUT2D eigenvalue weighted by molar-refractivity contribution is 0.00127. The fraction of sp³-hybridized carbons (Fsp3) is 0.426. The van der Waals surface area contributed by atoms with Crippen LogP contribution in [0.2, 0.25) is 10.0 Å². The van der Waals surface area contributed by atoms with Crippen molar-refractivity contribution in [3.05, 3.63) is 106 Å². The zero-order valence-corrected chi connectivity index (χ0v) is 38.2. The second-order valence-electron chi connectivity index (χ2n) is 17.8. The molecule has 1 amide bonds. The molecule has 2 fully saturated rings. The van der Waals surface area contributed by atoms with Gasteiger partial charge in [-0.25, -0.2) is 18.1 Å². The zero-order valence-electron chi connectivity index (χ0n) is 35.8. The number of hydrogen-bond acceptors (Lipinski definition) is 11. The number of hydrogen-bond donors (Lipinski definition) is 3. The fourth-order valence-electron chi connectivity index (χ4n) is 9.06. The van der Waals surface area contributed by atoms with E-state index in [1.165, 1.54) is 22.8 Å². The van der Waals surface area contributed by atoms with Gasteiger partial charge in [0.1, 0.15) is 21.4 Å². The summed E-state index contributed by atoms with van der Waals surface area (Å²) in [5.41, 5.74) is 5.03. The van der Waals surface area contributed by atoms with Gasteiger partial charge in [-0.05, 0) is 117 Å². The van der Waals surface area contributed by atoms with Gasteiger partial charge in [0, 0.05) is 56.6 Å². The molecule has 2 aliphatic carbocycles. The van der Waals surface area contributed by atoms with Crippen molar-refractivity contribution < 1.29 is 32.5 Å². The molecule has 3 N–H and O–H groups in total. The minimum Gasteiger partial charge on any atom is -0.476 e. The molecule has 1 aliphatic heterocycles. The first-order chi connectivity index (χ1) is 30.2. The number of piperazine rings is 1. The number of rotatable bonds is 14.